The maximum Gasteiger partial charge on any atom is 0.0766 e. The third-order valence-electron chi connectivity index (χ3n) is 1.92. The van der Waals surface area contributed by atoms with Crippen LogP contribution in [0.1, 0.15) is 19.4 Å². The summed E-state index contributed by atoms with van der Waals surface area (Å²) in [4.78, 5) is 0. The Hall–Kier alpha value is -0.520. The Morgan fingerprint density at radius 3 is 2.54 bits per heavy atom. The zero-order valence-electron chi connectivity index (χ0n) is 7.44. The van der Waals surface area contributed by atoms with E-state index in [4.69, 9.17) is 16.9 Å². The third kappa shape index (κ3) is 2.24. The summed E-state index contributed by atoms with van der Waals surface area (Å²) in [5.41, 5.74) is 0.499. The summed E-state index contributed by atoms with van der Waals surface area (Å²) in [5.74, 6) is 0. The van der Waals surface area contributed by atoms with Crippen LogP contribution in [0, 0.1) is 11.3 Å². The van der Waals surface area contributed by atoms with E-state index in [1.807, 2.05) is 26.0 Å². The molecule has 0 unspecified atom stereocenters. The minimum atomic E-state index is -0.465. The molecule has 0 atom stereocenters. The van der Waals surface area contributed by atoms with Gasteiger partial charge in [-0.15, -0.1) is 0 Å². The number of benzene rings is 1. The Bertz CT molecular complexity index is 366. The van der Waals surface area contributed by atoms with Gasteiger partial charge in [0.15, 0.2) is 0 Å². The van der Waals surface area contributed by atoms with Gasteiger partial charge in [0.2, 0.25) is 0 Å². The van der Waals surface area contributed by atoms with Crippen molar-refractivity contribution in [2.75, 3.05) is 0 Å². The summed E-state index contributed by atoms with van der Waals surface area (Å²) < 4.78 is 0.829. The summed E-state index contributed by atoms with van der Waals surface area (Å²) in [6, 6.07) is 7.78. The van der Waals surface area contributed by atoms with Gasteiger partial charge in [0, 0.05) is 4.47 Å². The second-order valence-corrected chi connectivity index (χ2v) is 4.63. The van der Waals surface area contributed by atoms with Gasteiger partial charge in [-0.3, -0.25) is 0 Å². The van der Waals surface area contributed by atoms with Gasteiger partial charge in [0.25, 0.3) is 0 Å². The summed E-state index contributed by atoms with van der Waals surface area (Å²) in [6.45, 7) is 3.76. The summed E-state index contributed by atoms with van der Waals surface area (Å²) in [7, 11) is 0. The van der Waals surface area contributed by atoms with Crippen LogP contribution >= 0.6 is 27.5 Å². The van der Waals surface area contributed by atoms with Crippen LogP contribution in [0.15, 0.2) is 22.7 Å². The summed E-state index contributed by atoms with van der Waals surface area (Å²) >= 11 is 9.17. The Morgan fingerprint density at radius 2 is 2.08 bits per heavy atom. The van der Waals surface area contributed by atoms with E-state index in [-0.39, 0.29) is 0 Å². The molecular formula is C10H9BrClN. The van der Waals surface area contributed by atoms with E-state index in [2.05, 4.69) is 22.0 Å². The number of hydrogen-bond acceptors (Lipinski definition) is 1. The molecule has 1 aromatic rings. The quantitative estimate of drug-likeness (QED) is 0.749. The number of hydrogen-bond donors (Lipinski definition) is 0. The maximum atomic E-state index is 8.91. The molecule has 0 saturated carbocycles. The first kappa shape index (κ1) is 10.6. The minimum Gasteiger partial charge on any atom is -0.197 e. The predicted molar refractivity (Wildman–Crippen MR) is 57.8 cm³/mol. The molecule has 0 N–H and O–H groups in total. The molecule has 0 saturated heterocycles. The second-order valence-electron chi connectivity index (χ2n) is 3.37. The van der Waals surface area contributed by atoms with Crippen molar-refractivity contribution in [3.8, 4) is 6.07 Å². The van der Waals surface area contributed by atoms with Crippen molar-refractivity contribution in [2.24, 2.45) is 0 Å². The fourth-order valence-electron chi connectivity index (χ4n) is 0.949. The summed E-state index contributed by atoms with van der Waals surface area (Å²) in [5, 5.41) is 9.57. The van der Waals surface area contributed by atoms with Gasteiger partial charge in [0.05, 0.1) is 16.5 Å². The smallest absolute Gasteiger partial charge is 0.0766 e. The number of halogens is 2. The van der Waals surface area contributed by atoms with E-state index >= 15 is 0 Å². The Kier molecular flexibility index (Phi) is 3.00. The van der Waals surface area contributed by atoms with Crippen molar-refractivity contribution in [1.82, 2.24) is 0 Å². The first-order valence-electron chi connectivity index (χ1n) is 3.84. The van der Waals surface area contributed by atoms with Crippen LogP contribution in [0.5, 0.6) is 0 Å². The fraction of sp³-hybridized carbons (Fsp3) is 0.300. The van der Waals surface area contributed by atoms with Crippen molar-refractivity contribution in [3.63, 3.8) is 0 Å². The second kappa shape index (κ2) is 3.69. The molecule has 0 aromatic heterocycles. The van der Waals surface area contributed by atoms with Gasteiger partial charge in [-0.05, 0) is 47.5 Å². The van der Waals surface area contributed by atoms with Crippen LogP contribution in [0.2, 0.25) is 5.02 Å². The molecule has 0 heterocycles. The van der Waals surface area contributed by atoms with Gasteiger partial charge in [-0.25, -0.2) is 0 Å². The van der Waals surface area contributed by atoms with Crippen molar-refractivity contribution in [1.29, 1.82) is 5.26 Å². The van der Waals surface area contributed by atoms with Crippen LogP contribution in [-0.4, -0.2) is 0 Å². The molecule has 1 rings (SSSR count). The molecule has 0 radical (unpaired) electrons. The lowest BCUT2D eigenvalue weighted by molar-refractivity contribution is 0.686. The molecule has 0 fully saturated rings. The average molecular weight is 259 g/mol. The molecule has 0 aliphatic heterocycles. The molecule has 3 heteroatoms. The first-order valence-corrected chi connectivity index (χ1v) is 5.01. The lowest BCUT2D eigenvalue weighted by Crippen LogP contribution is -2.13. The molecule has 13 heavy (non-hydrogen) atoms. The van der Waals surface area contributed by atoms with Crippen molar-refractivity contribution in [2.45, 2.75) is 19.3 Å². The molecule has 1 nitrogen and oxygen atoms in total. The van der Waals surface area contributed by atoms with Crippen LogP contribution in [0.4, 0.5) is 0 Å². The van der Waals surface area contributed by atoms with Gasteiger partial charge >= 0.3 is 0 Å². The standard InChI is InChI=1S/C10H9BrClN/c1-10(2,6-13)7-3-4-9(12)8(11)5-7/h3-5H,1-2H3. The highest BCUT2D eigenvalue weighted by Gasteiger charge is 2.19. The van der Waals surface area contributed by atoms with E-state index in [9.17, 15) is 0 Å². The first-order chi connectivity index (χ1) is 5.97. The minimum absolute atomic E-state index is 0.465. The highest BCUT2D eigenvalue weighted by atomic mass is 79.9. The molecule has 0 amide bonds. The van der Waals surface area contributed by atoms with Gasteiger partial charge < -0.3 is 0 Å². The molecule has 68 valence electrons. The van der Waals surface area contributed by atoms with Gasteiger partial charge in [-0.1, -0.05) is 17.7 Å². The fourth-order valence-corrected chi connectivity index (χ4v) is 1.45. The molecule has 0 aliphatic carbocycles. The predicted octanol–water partition coefficient (Wildman–Crippen LogP) is 3.90. The van der Waals surface area contributed by atoms with Gasteiger partial charge in [0.1, 0.15) is 0 Å². The number of nitrogens with zero attached hydrogens (tertiary/aromatic N) is 1. The lowest BCUT2D eigenvalue weighted by Gasteiger charge is -2.15. The molecule has 1 aromatic carbocycles. The van der Waals surface area contributed by atoms with Crippen LogP contribution in [-0.2, 0) is 5.41 Å². The van der Waals surface area contributed by atoms with Crippen molar-refractivity contribution in [3.05, 3.63) is 33.3 Å². The van der Waals surface area contributed by atoms with Crippen LogP contribution < -0.4 is 0 Å². The Morgan fingerprint density at radius 1 is 1.46 bits per heavy atom. The molecule has 0 aliphatic rings. The van der Waals surface area contributed by atoms with E-state index in [1.165, 1.54) is 0 Å². The zero-order chi connectivity index (χ0) is 10.1. The summed E-state index contributed by atoms with van der Waals surface area (Å²) in [6.07, 6.45) is 0. The highest BCUT2D eigenvalue weighted by Crippen LogP contribution is 2.29. The van der Waals surface area contributed by atoms with Gasteiger partial charge in [-0.2, -0.15) is 5.26 Å². The molecule has 0 spiro atoms. The molecule has 0 bridgehead atoms. The number of rotatable bonds is 1. The molecular weight excluding hydrogens is 249 g/mol. The zero-order valence-corrected chi connectivity index (χ0v) is 9.78. The maximum absolute atomic E-state index is 8.91. The van der Waals surface area contributed by atoms with Crippen LogP contribution in [0.3, 0.4) is 0 Å². The van der Waals surface area contributed by atoms with E-state index in [0.29, 0.717) is 5.02 Å². The van der Waals surface area contributed by atoms with Crippen LogP contribution in [0.25, 0.3) is 0 Å². The van der Waals surface area contributed by atoms with Crippen molar-refractivity contribution >= 4 is 27.5 Å². The third-order valence-corrected chi connectivity index (χ3v) is 3.13. The number of nitriles is 1. The van der Waals surface area contributed by atoms with E-state index in [1.54, 1.807) is 6.07 Å². The van der Waals surface area contributed by atoms with Crippen molar-refractivity contribution < 1.29 is 0 Å². The Labute approximate surface area is 91.5 Å². The average Bonchev–Trinajstić information content (AvgIpc) is 2.09. The SMILES string of the molecule is CC(C)(C#N)c1ccc(Cl)c(Br)c1. The lowest BCUT2D eigenvalue weighted by atomic mass is 9.86. The van der Waals surface area contributed by atoms with E-state index in [0.717, 1.165) is 10.0 Å². The topological polar surface area (TPSA) is 23.8 Å². The normalized spacial score (nSPS) is 11.0. The highest BCUT2D eigenvalue weighted by molar-refractivity contribution is 9.10. The van der Waals surface area contributed by atoms with E-state index < -0.39 is 5.41 Å². The Balaban J connectivity index is 3.20. The monoisotopic (exact) mass is 257 g/mol. The largest absolute Gasteiger partial charge is 0.197 e.